The summed E-state index contributed by atoms with van der Waals surface area (Å²) >= 11 is 0. The van der Waals surface area contributed by atoms with Crippen molar-refractivity contribution in [3.8, 4) is 33.6 Å². The Morgan fingerprint density at radius 2 is 1.68 bits per heavy atom. The Labute approximate surface area is 180 Å². The Morgan fingerprint density at radius 3 is 2.39 bits per heavy atom. The van der Waals surface area contributed by atoms with Crippen molar-refractivity contribution in [2.24, 2.45) is 7.05 Å². The molecule has 1 atom stereocenters. The molecule has 5 rings (SSSR count). The van der Waals surface area contributed by atoms with Gasteiger partial charge < -0.3 is 4.90 Å². The molecule has 1 aliphatic rings. The number of nitrogens with zero attached hydrogens (tertiary/aromatic N) is 7. The summed E-state index contributed by atoms with van der Waals surface area (Å²) in [5.74, 6) is 0.793. The van der Waals surface area contributed by atoms with Gasteiger partial charge in [0.25, 0.3) is 0 Å². The first-order chi connectivity index (χ1) is 15.1. The van der Waals surface area contributed by atoms with E-state index < -0.39 is 0 Å². The fourth-order valence-corrected chi connectivity index (χ4v) is 3.96. The first kappa shape index (κ1) is 19.2. The second kappa shape index (κ2) is 7.79. The molecule has 8 nitrogen and oxygen atoms in total. The molecule has 8 heteroatoms. The van der Waals surface area contributed by atoms with Crippen LogP contribution in [0.2, 0.25) is 0 Å². The molecule has 3 aromatic heterocycles. The number of aryl methyl sites for hydroxylation is 1. The smallest absolute Gasteiger partial charge is 0.219 e. The zero-order valence-corrected chi connectivity index (χ0v) is 17.5. The molecular formula is C23H23N7O. The van der Waals surface area contributed by atoms with E-state index in [9.17, 15) is 4.79 Å². The lowest BCUT2D eigenvalue weighted by Gasteiger charge is -2.13. The summed E-state index contributed by atoms with van der Waals surface area (Å²) in [6.45, 7) is 3.10. The molecule has 0 aliphatic carbocycles. The molecule has 1 fully saturated rings. The minimum Gasteiger partial charge on any atom is -0.341 e. The lowest BCUT2D eigenvalue weighted by Crippen LogP contribution is -2.26. The van der Waals surface area contributed by atoms with E-state index in [1.807, 2.05) is 65.9 Å². The highest BCUT2D eigenvalue weighted by atomic mass is 16.2. The van der Waals surface area contributed by atoms with Crippen LogP contribution in [0.25, 0.3) is 33.6 Å². The molecule has 0 spiro atoms. The lowest BCUT2D eigenvalue weighted by atomic mass is 10.1. The molecule has 0 radical (unpaired) electrons. The molecule has 1 amide bonds. The third-order valence-electron chi connectivity index (χ3n) is 5.73. The number of carbonyl (C=O) groups is 1. The average Bonchev–Trinajstić information content (AvgIpc) is 3.54. The Morgan fingerprint density at radius 1 is 0.935 bits per heavy atom. The molecular weight excluding hydrogens is 390 g/mol. The van der Waals surface area contributed by atoms with Gasteiger partial charge in [-0.15, -0.1) is 0 Å². The summed E-state index contributed by atoms with van der Waals surface area (Å²) in [6.07, 6.45) is 12.3. The van der Waals surface area contributed by atoms with E-state index in [0.717, 1.165) is 40.8 Å². The minimum atomic E-state index is 0.117. The van der Waals surface area contributed by atoms with E-state index in [0.29, 0.717) is 12.4 Å². The second-order valence-corrected chi connectivity index (χ2v) is 7.90. The standard InChI is InChI=1S/C23H23N7O/c1-16(31)29-7-6-22(15-29)30-14-21(12-27-30)19-9-24-23(25-10-19)18-5-3-4-17(8-18)20-11-26-28(2)13-20/h3-5,8-14,22H,6-7,15H2,1-2H3/t22-/m0/s1. The van der Waals surface area contributed by atoms with Crippen LogP contribution < -0.4 is 0 Å². The Balaban J connectivity index is 1.34. The number of likely N-dealkylation sites (tertiary alicyclic amines) is 1. The van der Waals surface area contributed by atoms with Gasteiger partial charge in [-0.1, -0.05) is 18.2 Å². The normalized spacial score (nSPS) is 16.1. The van der Waals surface area contributed by atoms with Crippen molar-refractivity contribution >= 4 is 5.91 Å². The Bertz CT molecular complexity index is 1220. The number of hydrogen-bond acceptors (Lipinski definition) is 5. The van der Waals surface area contributed by atoms with Crippen LogP contribution in [0.15, 0.2) is 61.4 Å². The summed E-state index contributed by atoms with van der Waals surface area (Å²) in [6, 6.07) is 8.36. The number of amides is 1. The number of hydrogen-bond donors (Lipinski definition) is 0. The highest BCUT2D eigenvalue weighted by Gasteiger charge is 2.26. The zero-order valence-electron chi connectivity index (χ0n) is 17.5. The van der Waals surface area contributed by atoms with Gasteiger partial charge in [-0.25, -0.2) is 9.97 Å². The number of benzene rings is 1. The summed E-state index contributed by atoms with van der Waals surface area (Å²) in [4.78, 5) is 22.6. The minimum absolute atomic E-state index is 0.117. The molecule has 1 saturated heterocycles. The molecule has 31 heavy (non-hydrogen) atoms. The van der Waals surface area contributed by atoms with E-state index in [1.165, 1.54) is 0 Å². The van der Waals surface area contributed by atoms with E-state index >= 15 is 0 Å². The van der Waals surface area contributed by atoms with Crippen molar-refractivity contribution in [1.29, 1.82) is 0 Å². The van der Waals surface area contributed by atoms with Crippen LogP contribution in [0.5, 0.6) is 0 Å². The van der Waals surface area contributed by atoms with Gasteiger partial charge >= 0.3 is 0 Å². The van der Waals surface area contributed by atoms with Crippen LogP contribution in [0.3, 0.4) is 0 Å². The number of carbonyl (C=O) groups excluding carboxylic acids is 1. The van der Waals surface area contributed by atoms with Crippen molar-refractivity contribution < 1.29 is 4.79 Å². The van der Waals surface area contributed by atoms with Crippen molar-refractivity contribution in [3.63, 3.8) is 0 Å². The van der Waals surface area contributed by atoms with E-state index in [4.69, 9.17) is 0 Å². The van der Waals surface area contributed by atoms with Crippen LogP contribution in [-0.4, -0.2) is 53.4 Å². The highest BCUT2D eigenvalue weighted by Crippen LogP contribution is 2.27. The maximum absolute atomic E-state index is 11.6. The second-order valence-electron chi connectivity index (χ2n) is 7.90. The SMILES string of the molecule is CC(=O)N1CC[C@H](n2cc(-c3cnc(-c4cccc(-c5cnn(C)c5)c4)nc3)cn2)C1. The van der Waals surface area contributed by atoms with Crippen molar-refractivity contribution in [2.45, 2.75) is 19.4 Å². The summed E-state index contributed by atoms with van der Waals surface area (Å²) in [5.41, 5.74) is 4.98. The fraction of sp³-hybridized carbons (Fsp3) is 0.261. The summed E-state index contributed by atoms with van der Waals surface area (Å²) < 4.78 is 3.74. The van der Waals surface area contributed by atoms with E-state index in [-0.39, 0.29) is 11.9 Å². The van der Waals surface area contributed by atoms with Crippen molar-refractivity contribution in [2.75, 3.05) is 13.1 Å². The molecule has 4 aromatic rings. The maximum Gasteiger partial charge on any atom is 0.219 e. The molecule has 1 aliphatic heterocycles. The highest BCUT2D eigenvalue weighted by molar-refractivity contribution is 5.73. The van der Waals surface area contributed by atoms with Gasteiger partial charge in [-0.2, -0.15) is 10.2 Å². The molecule has 156 valence electrons. The third kappa shape index (κ3) is 3.84. The molecule has 0 N–H and O–H groups in total. The average molecular weight is 413 g/mol. The monoisotopic (exact) mass is 413 g/mol. The molecule has 0 unspecified atom stereocenters. The number of rotatable bonds is 4. The zero-order chi connectivity index (χ0) is 21.4. The summed E-state index contributed by atoms with van der Waals surface area (Å²) in [5, 5.41) is 8.75. The molecule has 0 saturated carbocycles. The van der Waals surface area contributed by atoms with Gasteiger partial charge in [0.1, 0.15) is 0 Å². The Kier molecular flexibility index (Phi) is 4.82. The van der Waals surface area contributed by atoms with Crippen LogP contribution in [0.1, 0.15) is 19.4 Å². The first-order valence-electron chi connectivity index (χ1n) is 10.3. The molecule has 0 bridgehead atoms. The van der Waals surface area contributed by atoms with Gasteiger partial charge in [0, 0.05) is 74.1 Å². The predicted molar refractivity (Wildman–Crippen MR) is 117 cm³/mol. The lowest BCUT2D eigenvalue weighted by molar-refractivity contribution is -0.127. The van der Waals surface area contributed by atoms with Gasteiger partial charge in [-0.05, 0) is 18.1 Å². The van der Waals surface area contributed by atoms with Crippen LogP contribution in [0, 0.1) is 0 Å². The maximum atomic E-state index is 11.6. The number of aromatic nitrogens is 6. The van der Waals surface area contributed by atoms with Crippen LogP contribution >= 0.6 is 0 Å². The largest absolute Gasteiger partial charge is 0.341 e. The third-order valence-corrected chi connectivity index (χ3v) is 5.73. The Hall–Kier alpha value is -3.81. The van der Waals surface area contributed by atoms with Crippen LogP contribution in [0.4, 0.5) is 0 Å². The predicted octanol–water partition coefficient (Wildman–Crippen LogP) is 3.20. The summed E-state index contributed by atoms with van der Waals surface area (Å²) in [7, 11) is 1.91. The molecule has 4 heterocycles. The quantitative estimate of drug-likeness (QED) is 0.513. The topological polar surface area (TPSA) is 81.7 Å². The fourth-order valence-electron chi connectivity index (χ4n) is 3.96. The van der Waals surface area contributed by atoms with E-state index in [1.54, 1.807) is 11.6 Å². The van der Waals surface area contributed by atoms with Crippen molar-refractivity contribution in [1.82, 2.24) is 34.4 Å². The van der Waals surface area contributed by atoms with Gasteiger partial charge in [-0.3, -0.25) is 14.2 Å². The van der Waals surface area contributed by atoms with Crippen LogP contribution in [-0.2, 0) is 11.8 Å². The van der Waals surface area contributed by atoms with Crippen molar-refractivity contribution in [3.05, 3.63) is 61.4 Å². The molecule has 1 aromatic carbocycles. The van der Waals surface area contributed by atoms with Gasteiger partial charge in [0.15, 0.2) is 5.82 Å². The van der Waals surface area contributed by atoms with Gasteiger partial charge in [0.2, 0.25) is 5.91 Å². The van der Waals surface area contributed by atoms with E-state index in [2.05, 4.69) is 32.3 Å². The van der Waals surface area contributed by atoms with Gasteiger partial charge in [0.05, 0.1) is 18.4 Å². The first-order valence-corrected chi connectivity index (χ1v) is 10.3.